The van der Waals surface area contributed by atoms with E-state index in [0.29, 0.717) is 0 Å². The molecule has 0 rings (SSSR count). The highest BCUT2D eigenvalue weighted by atomic mass is 28.4. The van der Waals surface area contributed by atoms with E-state index in [1.807, 2.05) is 0 Å². The van der Waals surface area contributed by atoms with Gasteiger partial charge < -0.3 is 13.9 Å². The maximum atomic E-state index is 12.8. The number of terminal acetylenes is 1. The minimum Gasteiger partial charge on any atom is -0.457 e. The molecule has 30 heavy (non-hydrogen) atoms. The molecule has 0 saturated carbocycles. The molecule has 0 heterocycles. The number of esters is 2. The summed E-state index contributed by atoms with van der Waals surface area (Å²) in [5.41, 5.74) is -1.54. The Labute approximate surface area is 183 Å². The Morgan fingerprint density at radius 3 is 1.73 bits per heavy atom. The number of hydrogen-bond acceptors (Lipinski definition) is 6. The quantitative estimate of drug-likeness (QED) is 0.314. The highest BCUT2D eigenvalue weighted by molar-refractivity contribution is 6.74. The van der Waals surface area contributed by atoms with Crippen molar-refractivity contribution < 1.29 is 28.3 Å². The van der Waals surface area contributed by atoms with Crippen molar-refractivity contribution in [2.45, 2.75) is 99.1 Å². The van der Waals surface area contributed by atoms with E-state index in [9.17, 15) is 14.4 Å². The largest absolute Gasteiger partial charge is 0.457 e. The molecule has 6 nitrogen and oxygen atoms in total. The van der Waals surface area contributed by atoms with Gasteiger partial charge in [0.05, 0.1) is 10.8 Å². The van der Waals surface area contributed by atoms with Crippen molar-refractivity contribution in [2.75, 3.05) is 6.61 Å². The Hall–Kier alpha value is -1.65. The second-order valence-electron chi connectivity index (χ2n) is 11.2. The van der Waals surface area contributed by atoms with Gasteiger partial charge in [-0.25, -0.2) is 0 Å². The van der Waals surface area contributed by atoms with Crippen LogP contribution in [0.3, 0.4) is 0 Å². The van der Waals surface area contributed by atoms with Gasteiger partial charge in [-0.15, -0.1) is 6.42 Å². The third-order valence-corrected chi connectivity index (χ3v) is 9.52. The van der Waals surface area contributed by atoms with Crippen LogP contribution >= 0.6 is 0 Å². The Morgan fingerprint density at radius 1 is 0.900 bits per heavy atom. The topological polar surface area (TPSA) is 78.9 Å². The van der Waals surface area contributed by atoms with Crippen LogP contribution in [-0.2, 0) is 28.3 Å². The molecule has 0 fully saturated rings. The predicted octanol–water partition coefficient (Wildman–Crippen LogP) is 4.52. The van der Waals surface area contributed by atoms with Gasteiger partial charge in [0.2, 0.25) is 5.78 Å². The zero-order valence-corrected chi connectivity index (χ0v) is 21.6. The SMILES string of the molecule is C#CC(C[C@H](OC(=O)C(C)(C)C)C(=O)COC(=O)C(C)(C)C)O[Si](C)(C)C(C)(C)C. The second kappa shape index (κ2) is 10.1. The molecular weight excluding hydrogens is 400 g/mol. The van der Waals surface area contributed by atoms with Gasteiger partial charge in [0.1, 0.15) is 6.10 Å². The van der Waals surface area contributed by atoms with Crippen LogP contribution in [0, 0.1) is 23.2 Å². The van der Waals surface area contributed by atoms with Gasteiger partial charge in [0.15, 0.2) is 21.0 Å². The van der Waals surface area contributed by atoms with E-state index in [1.54, 1.807) is 41.5 Å². The summed E-state index contributed by atoms with van der Waals surface area (Å²) < 4.78 is 16.8. The number of hydrogen-bond donors (Lipinski definition) is 0. The normalized spacial score (nSPS) is 15.0. The fourth-order valence-corrected chi connectivity index (χ4v) is 3.10. The van der Waals surface area contributed by atoms with E-state index < -0.39 is 55.7 Å². The summed E-state index contributed by atoms with van der Waals surface area (Å²) in [5, 5.41) is -0.0774. The maximum Gasteiger partial charge on any atom is 0.311 e. The standard InChI is InChI=1S/C23H40O6Si/c1-13-16(29-30(11,12)23(8,9)10)14-18(28-20(26)22(5,6)7)17(24)15-27-19(25)21(2,3)4/h1,16,18H,14-15H2,2-12H3/t16?,18-/m0/s1. The summed E-state index contributed by atoms with van der Waals surface area (Å²) in [7, 11) is -2.21. The van der Waals surface area contributed by atoms with Crippen LogP contribution in [0.15, 0.2) is 0 Å². The Morgan fingerprint density at radius 2 is 1.37 bits per heavy atom. The minimum absolute atomic E-state index is 0.0106. The molecule has 0 aliphatic carbocycles. The van der Waals surface area contributed by atoms with Crippen LogP contribution in [0.4, 0.5) is 0 Å². The van der Waals surface area contributed by atoms with Crippen LogP contribution < -0.4 is 0 Å². The number of carbonyl (C=O) groups is 3. The lowest BCUT2D eigenvalue weighted by Gasteiger charge is -2.38. The van der Waals surface area contributed by atoms with Crippen LogP contribution in [0.5, 0.6) is 0 Å². The third kappa shape index (κ3) is 9.01. The monoisotopic (exact) mass is 440 g/mol. The lowest BCUT2D eigenvalue weighted by atomic mass is 9.97. The maximum absolute atomic E-state index is 12.8. The van der Waals surface area contributed by atoms with E-state index >= 15 is 0 Å². The molecule has 0 aliphatic rings. The molecule has 172 valence electrons. The highest BCUT2D eigenvalue weighted by Crippen LogP contribution is 2.37. The zero-order valence-electron chi connectivity index (χ0n) is 20.6. The average Bonchev–Trinajstić information content (AvgIpc) is 2.54. The van der Waals surface area contributed by atoms with E-state index in [4.69, 9.17) is 20.3 Å². The van der Waals surface area contributed by atoms with Crippen molar-refractivity contribution >= 4 is 26.0 Å². The summed E-state index contributed by atoms with van der Waals surface area (Å²) in [4.78, 5) is 37.2. The molecule has 0 amide bonds. The van der Waals surface area contributed by atoms with Crippen molar-refractivity contribution in [1.29, 1.82) is 0 Å². The first kappa shape index (κ1) is 28.3. The lowest BCUT2D eigenvalue weighted by molar-refractivity contribution is -0.167. The molecule has 7 heteroatoms. The molecule has 2 atom stereocenters. The molecule has 0 aromatic carbocycles. The number of ketones is 1. The molecule has 0 aliphatic heterocycles. The molecule has 0 radical (unpaired) electrons. The first-order valence-electron chi connectivity index (χ1n) is 10.3. The number of rotatable bonds is 8. The van der Waals surface area contributed by atoms with E-state index in [2.05, 4.69) is 39.8 Å². The van der Waals surface area contributed by atoms with Crippen molar-refractivity contribution in [3.8, 4) is 12.3 Å². The van der Waals surface area contributed by atoms with Gasteiger partial charge in [-0.1, -0.05) is 26.7 Å². The molecule has 0 spiro atoms. The van der Waals surface area contributed by atoms with Gasteiger partial charge in [-0.3, -0.25) is 14.4 Å². The number of Topliss-reactive ketones (excluding diaryl/α,β-unsaturated/α-hetero) is 1. The Bertz CT molecular complexity index is 668. The van der Waals surface area contributed by atoms with E-state index in [1.165, 1.54) is 0 Å². The molecular formula is C23H40O6Si. The van der Waals surface area contributed by atoms with Crippen molar-refractivity contribution in [1.82, 2.24) is 0 Å². The van der Waals surface area contributed by atoms with Gasteiger partial charge in [0.25, 0.3) is 0 Å². The molecule has 0 bridgehead atoms. The Balaban J connectivity index is 5.52. The first-order chi connectivity index (χ1) is 13.2. The van der Waals surface area contributed by atoms with Gasteiger partial charge in [-0.05, 0) is 59.7 Å². The zero-order chi connectivity index (χ0) is 24.1. The van der Waals surface area contributed by atoms with Crippen LogP contribution in [0.25, 0.3) is 0 Å². The Kier molecular flexibility index (Phi) is 9.55. The average molecular weight is 441 g/mol. The summed E-state index contributed by atoms with van der Waals surface area (Å²) in [6.45, 7) is 20.0. The molecule has 1 unspecified atom stereocenters. The lowest BCUT2D eigenvalue weighted by Crippen LogP contribution is -2.45. The van der Waals surface area contributed by atoms with Gasteiger partial charge in [0, 0.05) is 6.42 Å². The number of carbonyl (C=O) groups excluding carboxylic acids is 3. The second-order valence-corrected chi connectivity index (χ2v) is 16.0. The smallest absolute Gasteiger partial charge is 0.311 e. The fraction of sp³-hybridized carbons (Fsp3) is 0.783. The van der Waals surface area contributed by atoms with Gasteiger partial charge >= 0.3 is 11.9 Å². The van der Waals surface area contributed by atoms with Crippen molar-refractivity contribution in [3.05, 3.63) is 0 Å². The van der Waals surface area contributed by atoms with Crippen LogP contribution in [-0.4, -0.2) is 44.9 Å². The molecule has 0 N–H and O–H groups in total. The minimum atomic E-state index is -2.21. The fourth-order valence-electron chi connectivity index (χ4n) is 1.87. The van der Waals surface area contributed by atoms with Crippen LogP contribution in [0.2, 0.25) is 18.1 Å². The first-order valence-corrected chi connectivity index (χ1v) is 13.2. The molecule has 0 aromatic rings. The van der Waals surface area contributed by atoms with Gasteiger partial charge in [-0.2, -0.15) is 0 Å². The summed E-state index contributed by atoms with van der Waals surface area (Å²) >= 11 is 0. The predicted molar refractivity (Wildman–Crippen MR) is 120 cm³/mol. The molecule has 0 saturated heterocycles. The summed E-state index contributed by atoms with van der Waals surface area (Å²) in [5.74, 6) is 1.01. The van der Waals surface area contributed by atoms with Crippen molar-refractivity contribution in [2.24, 2.45) is 10.8 Å². The van der Waals surface area contributed by atoms with Crippen LogP contribution in [0.1, 0.15) is 68.7 Å². The summed E-state index contributed by atoms with van der Waals surface area (Å²) in [6.07, 6.45) is 3.83. The highest BCUT2D eigenvalue weighted by Gasteiger charge is 2.40. The summed E-state index contributed by atoms with van der Waals surface area (Å²) in [6, 6.07) is 0. The molecule has 0 aromatic heterocycles. The third-order valence-electron chi connectivity index (χ3n) is 5.04. The van der Waals surface area contributed by atoms with Crippen molar-refractivity contribution in [3.63, 3.8) is 0 Å². The van der Waals surface area contributed by atoms with E-state index in [0.717, 1.165) is 0 Å². The van der Waals surface area contributed by atoms with E-state index in [-0.39, 0.29) is 11.5 Å². The number of ether oxygens (including phenoxy) is 2.